The molecular formula is C21H25N3O. The first-order valence-corrected chi connectivity index (χ1v) is 9.10. The Labute approximate surface area is 149 Å². The summed E-state index contributed by atoms with van der Waals surface area (Å²) in [6.45, 7) is 3.67. The minimum atomic E-state index is 0.820. The second kappa shape index (κ2) is 7.18. The summed E-state index contributed by atoms with van der Waals surface area (Å²) in [5.41, 5.74) is 5.58. The molecule has 0 radical (unpaired) electrons. The summed E-state index contributed by atoms with van der Waals surface area (Å²) in [6.07, 6.45) is 3.11. The molecule has 1 N–H and O–H groups in total. The monoisotopic (exact) mass is 335 g/mol. The first kappa shape index (κ1) is 16.0. The topological polar surface area (TPSA) is 36.9 Å². The fraction of sp³-hybridized carbons (Fsp3) is 0.381. The van der Waals surface area contributed by atoms with Gasteiger partial charge in [-0.3, -0.25) is 4.99 Å². The van der Waals surface area contributed by atoms with Gasteiger partial charge in [0.2, 0.25) is 0 Å². The molecule has 2 heterocycles. The Kier molecular flexibility index (Phi) is 4.59. The van der Waals surface area contributed by atoms with Gasteiger partial charge in [-0.05, 0) is 41.2 Å². The van der Waals surface area contributed by atoms with Crippen molar-refractivity contribution in [2.75, 3.05) is 26.7 Å². The number of aliphatic imine (C=N–C) groups is 1. The van der Waals surface area contributed by atoms with Crippen molar-refractivity contribution in [3.05, 3.63) is 64.7 Å². The van der Waals surface area contributed by atoms with Crippen molar-refractivity contribution in [2.24, 2.45) is 4.99 Å². The molecule has 0 aliphatic carbocycles. The standard InChI is InChI=1S/C21H25N3O/c1-22-21(24-12-9-17-4-2-3-5-19(17)15-24)23-11-8-16-6-7-20-18(14-16)10-13-25-20/h2-7,14H,8-13,15H2,1H3,(H,22,23). The van der Waals surface area contributed by atoms with E-state index in [1.54, 1.807) is 0 Å². The van der Waals surface area contributed by atoms with E-state index in [0.717, 1.165) is 57.2 Å². The van der Waals surface area contributed by atoms with Crippen LogP contribution in [-0.4, -0.2) is 37.6 Å². The lowest BCUT2D eigenvalue weighted by Gasteiger charge is -2.31. The summed E-state index contributed by atoms with van der Waals surface area (Å²) < 4.78 is 5.58. The van der Waals surface area contributed by atoms with Crippen LogP contribution in [0.15, 0.2) is 47.5 Å². The van der Waals surface area contributed by atoms with E-state index in [1.807, 2.05) is 7.05 Å². The van der Waals surface area contributed by atoms with Gasteiger partial charge in [-0.25, -0.2) is 0 Å². The van der Waals surface area contributed by atoms with Gasteiger partial charge in [-0.1, -0.05) is 36.4 Å². The van der Waals surface area contributed by atoms with Gasteiger partial charge in [0.05, 0.1) is 6.61 Å². The molecule has 0 bridgehead atoms. The van der Waals surface area contributed by atoms with Crippen molar-refractivity contribution in [3.63, 3.8) is 0 Å². The summed E-state index contributed by atoms with van der Waals surface area (Å²) >= 11 is 0. The number of ether oxygens (including phenoxy) is 1. The van der Waals surface area contributed by atoms with Gasteiger partial charge in [0.1, 0.15) is 5.75 Å². The average molecular weight is 335 g/mol. The first-order chi connectivity index (χ1) is 12.3. The third-order valence-electron chi connectivity index (χ3n) is 5.09. The van der Waals surface area contributed by atoms with Crippen LogP contribution in [0, 0.1) is 0 Å². The molecule has 0 aromatic heterocycles. The molecule has 25 heavy (non-hydrogen) atoms. The van der Waals surface area contributed by atoms with E-state index in [-0.39, 0.29) is 0 Å². The van der Waals surface area contributed by atoms with Crippen LogP contribution in [0.3, 0.4) is 0 Å². The molecule has 0 amide bonds. The van der Waals surface area contributed by atoms with Gasteiger partial charge < -0.3 is 15.0 Å². The number of nitrogens with one attached hydrogen (secondary N) is 1. The Bertz CT molecular complexity index is 784. The van der Waals surface area contributed by atoms with E-state index in [4.69, 9.17) is 4.74 Å². The maximum absolute atomic E-state index is 5.58. The van der Waals surface area contributed by atoms with Gasteiger partial charge in [0.15, 0.2) is 5.96 Å². The van der Waals surface area contributed by atoms with E-state index in [9.17, 15) is 0 Å². The lowest BCUT2D eigenvalue weighted by Crippen LogP contribution is -2.44. The Morgan fingerprint density at radius 3 is 2.88 bits per heavy atom. The number of fused-ring (bicyclic) bond motifs is 2. The van der Waals surface area contributed by atoms with Crippen molar-refractivity contribution in [2.45, 2.75) is 25.8 Å². The quantitative estimate of drug-likeness (QED) is 0.692. The largest absolute Gasteiger partial charge is 0.493 e. The zero-order valence-corrected chi connectivity index (χ0v) is 14.8. The summed E-state index contributed by atoms with van der Waals surface area (Å²) in [7, 11) is 1.87. The molecule has 0 spiro atoms. The lowest BCUT2D eigenvalue weighted by atomic mass is 10.0. The maximum Gasteiger partial charge on any atom is 0.193 e. The van der Waals surface area contributed by atoms with Crippen LogP contribution in [-0.2, 0) is 25.8 Å². The number of guanidine groups is 1. The summed E-state index contributed by atoms with van der Waals surface area (Å²) in [6, 6.07) is 15.3. The summed E-state index contributed by atoms with van der Waals surface area (Å²) in [5, 5.41) is 3.53. The van der Waals surface area contributed by atoms with Gasteiger partial charge in [0.25, 0.3) is 0 Å². The van der Waals surface area contributed by atoms with E-state index < -0.39 is 0 Å². The molecule has 0 saturated carbocycles. The minimum Gasteiger partial charge on any atom is -0.493 e. The van der Waals surface area contributed by atoms with Crippen LogP contribution < -0.4 is 10.1 Å². The highest BCUT2D eigenvalue weighted by Crippen LogP contribution is 2.26. The Balaban J connectivity index is 1.34. The number of rotatable bonds is 3. The highest BCUT2D eigenvalue weighted by Gasteiger charge is 2.18. The fourth-order valence-corrected chi connectivity index (χ4v) is 3.72. The molecule has 2 aliphatic rings. The minimum absolute atomic E-state index is 0.820. The van der Waals surface area contributed by atoms with Crippen LogP contribution in [0.2, 0.25) is 0 Å². The predicted molar refractivity (Wildman–Crippen MR) is 101 cm³/mol. The molecular weight excluding hydrogens is 310 g/mol. The third-order valence-corrected chi connectivity index (χ3v) is 5.09. The molecule has 0 saturated heterocycles. The molecule has 0 unspecified atom stereocenters. The van der Waals surface area contributed by atoms with Crippen molar-refractivity contribution >= 4 is 5.96 Å². The molecule has 4 nitrogen and oxygen atoms in total. The third kappa shape index (κ3) is 3.48. The highest BCUT2D eigenvalue weighted by atomic mass is 16.5. The smallest absolute Gasteiger partial charge is 0.193 e. The van der Waals surface area contributed by atoms with Crippen molar-refractivity contribution in [1.82, 2.24) is 10.2 Å². The van der Waals surface area contributed by atoms with Gasteiger partial charge >= 0.3 is 0 Å². The van der Waals surface area contributed by atoms with Crippen LogP contribution in [0.4, 0.5) is 0 Å². The molecule has 2 aliphatic heterocycles. The Morgan fingerprint density at radius 2 is 2.00 bits per heavy atom. The van der Waals surface area contributed by atoms with E-state index >= 15 is 0 Å². The van der Waals surface area contributed by atoms with Crippen LogP contribution in [0.25, 0.3) is 0 Å². The van der Waals surface area contributed by atoms with Crippen molar-refractivity contribution in [3.8, 4) is 5.75 Å². The van der Waals surface area contributed by atoms with Crippen molar-refractivity contribution in [1.29, 1.82) is 0 Å². The first-order valence-electron chi connectivity index (χ1n) is 9.10. The van der Waals surface area contributed by atoms with Crippen LogP contribution in [0.5, 0.6) is 5.75 Å². The normalized spacial score (nSPS) is 16.2. The molecule has 4 heteroatoms. The Hall–Kier alpha value is -2.49. The molecule has 2 aromatic carbocycles. The number of hydrogen-bond donors (Lipinski definition) is 1. The second-order valence-corrected chi connectivity index (χ2v) is 6.70. The zero-order valence-electron chi connectivity index (χ0n) is 14.8. The average Bonchev–Trinajstić information content (AvgIpc) is 3.13. The van der Waals surface area contributed by atoms with Crippen molar-refractivity contribution < 1.29 is 4.74 Å². The van der Waals surface area contributed by atoms with Crippen LogP contribution >= 0.6 is 0 Å². The maximum atomic E-state index is 5.58. The number of nitrogens with zero attached hydrogens (tertiary/aromatic N) is 2. The molecule has 130 valence electrons. The van der Waals surface area contributed by atoms with E-state index in [1.165, 1.54) is 22.3 Å². The second-order valence-electron chi connectivity index (χ2n) is 6.70. The predicted octanol–water partition coefficient (Wildman–Crippen LogP) is 2.80. The van der Waals surface area contributed by atoms with Gasteiger partial charge in [-0.2, -0.15) is 0 Å². The summed E-state index contributed by atoms with van der Waals surface area (Å²) in [4.78, 5) is 6.83. The van der Waals surface area contributed by atoms with E-state index in [0.29, 0.717) is 0 Å². The Morgan fingerprint density at radius 1 is 1.12 bits per heavy atom. The number of hydrogen-bond acceptors (Lipinski definition) is 2. The summed E-state index contributed by atoms with van der Waals surface area (Å²) in [5.74, 6) is 2.05. The lowest BCUT2D eigenvalue weighted by molar-refractivity contribution is 0.357. The van der Waals surface area contributed by atoms with Gasteiger partial charge in [0, 0.05) is 33.1 Å². The number of benzene rings is 2. The SMILES string of the molecule is CN=C(NCCc1ccc2c(c1)CCO2)N1CCc2ccccc2C1. The molecule has 0 atom stereocenters. The molecule has 0 fully saturated rings. The van der Waals surface area contributed by atoms with E-state index in [2.05, 4.69) is 57.7 Å². The van der Waals surface area contributed by atoms with Crippen LogP contribution in [0.1, 0.15) is 22.3 Å². The zero-order chi connectivity index (χ0) is 17.1. The fourth-order valence-electron chi connectivity index (χ4n) is 3.72. The highest BCUT2D eigenvalue weighted by molar-refractivity contribution is 5.80. The van der Waals surface area contributed by atoms with Gasteiger partial charge in [-0.15, -0.1) is 0 Å². The molecule has 2 aromatic rings. The molecule has 4 rings (SSSR count).